The van der Waals surface area contributed by atoms with Gasteiger partial charge in [0, 0.05) is 0 Å². The quantitative estimate of drug-likeness (QED) is 0.174. The van der Waals surface area contributed by atoms with E-state index in [1.54, 1.807) is 4.90 Å². The van der Waals surface area contributed by atoms with Crippen LogP contribution >= 0.6 is 11.8 Å². The number of aliphatic imine (C=N–C) groups is 1. The summed E-state index contributed by atoms with van der Waals surface area (Å²) in [5.74, 6) is -0.0554. The van der Waals surface area contributed by atoms with E-state index in [-0.39, 0.29) is 5.91 Å². The van der Waals surface area contributed by atoms with Crippen LogP contribution in [-0.4, -0.2) is 11.1 Å². The highest BCUT2D eigenvalue weighted by atomic mass is 32.2. The molecule has 0 saturated carbocycles. The Bertz CT molecular complexity index is 1660. The monoisotopic (exact) mass is 512 g/mol. The van der Waals surface area contributed by atoms with Crippen LogP contribution in [0, 0.1) is 0 Å². The molecule has 4 heteroatoms. The minimum absolute atomic E-state index is 0.0554. The van der Waals surface area contributed by atoms with Gasteiger partial charge in [-0.25, -0.2) is 4.99 Å². The summed E-state index contributed by atoms with van der Waals surface area (Å²) >= 11 is 1.44. The van der Waals surface area contributed by atoms with Crippen LogP contribution in [0.2, 0.25) is 0 Å². The first kappa shape index (κ1) is 24.2. The molecular formula is C34H28N2OS. The largest absolute Gasteiger partial charge is 0.271 e. The van der Waals surface area contributed by atoms with E-state index in [0.29, 0.717) is 10.1 Å². The Kier molecular flexibility index (Phi) is 6.57. The van der Waals surface area contributed by atoms with Crippen molar-refractivity contribution in [3.63, 3.8) is 0 Å². The standard InChI is InChI=1S/C34H28N2OS/c1-3-23-13-17-27(18-14-23)35-34-36(28-19-15-24(4-2)16-20-28)33(37)32(38-34)22-31-29-11-7-5-9-25(29)21-26-10-6-8-12-30(26)31/h5-22H,3-4H2,1-2H3/b32-22+,35-34?. The van der Waals surface area contributed by atoms with Gasteiger partial charge in [0.15, 0.2) is 5.17 Å². The summed E-state index contributed by atoms with van der Waals surface area (Å²) in [6.07, 6.45) is 3.98. The van der Waals surface area contributed by atoms with Crippen LogP contribution in [0.25, 0.3) is 27.6 Å². The lowest BCUT2D eigenvalue weighted by Crippen LogP contribution is -2.28. The predicted octanol–water partition coefficient (Wildman–Crippen LogP) is 8.93. The smallest absolute Gasteiger partial charge is 0.268 e. The zero-order valence-electron chi connectivity index (χ0n) is 21.5. The van der Waals surface area contributed by atoms with Gasteiger partial charge in [-0.15, -0.1) is 0 Å². The predicted molar refractivity (Wildman–Crippen MR) is 163 cm³/mol. The van der Waals surface area contributed by atoms with Crippen molar-refractivity contribution in [2.75, 3.05) is 4.90 Å². The maximum Gasteiger partial charge on any atom is 0.271 e. The number of thioether (sulfide) groups is 1. The summed E-state index contributed by atoms with van der Waals surface area (Å²) in [5.41, 5.74) is 5.22. The van der Waals surface area contributed by atoms with E-state index in [1.165, 1.54) is 22.9 Å². The van der Waals surface area contributed by atoms with Crippen molar-refractivity contribution >= 4 is 61.8 Å². The number of rotatable bonds is 5. The fourth-order valence-electron chi connectivity index (χ4n) is 4.91. The first-order valence-corrected chi connectivity index (χ1v) is 13.9. The summed E-state index contributed by atoms with van der Waals surface area (Å²) in [6, 6.07) is 35.4. The van der Waals surface area contributed by atoms with Crippen LogP contribution in [0.4, 0.5) is 11.4 Å². The molecule has 1 saturated heterocycles. The number of nitrogens with zero attached hydrogens (tertiary/aromatic N) is 2. The van der Waals surface area contributed by atoms with E-state index >= 15 is 0 Å². The van der Waals surface area contributed by atoms with Crippen molar-refractivity contribution in [1.82, 2.24) is 0 Å². The molecule has 1 heterocycles. The Labute approximate surface area is 227 Å². The summed E-state index contributed by atoms with van der Waals surface area (Å²) in [4.78, 5) is 21.3. The SMILES string of the molecule is CCc1ccc(N=C2S/C(=C/c3c4ccccc4cc4ccccc34)C(=O)N2c2ccc(CC)cc2)cc1. The fourth-order valence-corrected chi connectivity index (χ4v) is 5.89. The molecule has 0 radical (unpaired) electrons. The number of carbonyl (C=O) groups excluding carboxylic acids is 1. The Hall–Kier alpha value is -4.15. The minimum atomic E-state index is -0.0554. The van der Waals surface area contributed by atoms with Crippen LogP contribution in [0.15, 0.2) is 113 Å². The van der Waals surface area contributed by atoms with Gasteiger partial charge in [-0.3, -0.25) is 9.69 Å². The average Bonchev–Trinajstić information content (AvgIpc) is 3.27. The molecule has 1 amide bonds. The van der Waals surface area contributed by atoms with Gasteiger partial charge in [-0.2, -0.15) is 0 Å². The van der Waals surface area contributed by atoms with E-state index in [4.69, 9.17) is 4.99 Å². The third-order valence-corrected chi connectivity index (χ3v) is 8.04. The molecular weight excluding hydrogens is 484 g/mol. The van der Waals surface area contributed by atoms with Gasteiger partial charge >= 0.3 is 0 Å². The highest BCUT2D eigenvalue weighted by Gasteiger charge is 2.35. The molecule has 0 aromatic heterocycles. The van der Waals surface area contributed by atoms with Gasteiger partial charge in [0.1, 0.15) is 0 Å². The average molecular weight is 513 g/mol. The van der Waals surface area contributed by atoms with Crippen molar-refractivity contribution in [1.29, 1.82) is 0 Å². The fraction of sp³-hybridized carbons (Fsp3) is 0.118. The molecule has 1 aliphatic heterocycles. The molecule has 5 aromatic carbocycles. The Balaban J connectivity index is 1.50. The number of amides is 1. The molecule has 0 aliphatic carbocycles. The van der Waals surface area contributed by atoms with Gasteiger partial charge in [0.2, 0.25) is 0 Å². The number of amidine groups is 1. The van der Waals surface area contributed by atoms with Gasteiger partial charge < -0.3 is 0 Å². The highest BCUT2D eigenvalue weighted by Crippen LogP contribution is 2.39. The molecule has 186 valence electrons. The normalized spacial score (nSPS) is 15.8. The molecule has 1 aliphatic rings. The molecule has 0 atom stereocenters. The zero-order chi connectivity index (χ0) is 26.1. The number of aryl methyl sites for hydroxylation is 2. The van der Waals surface area contributed by atoms with Crippen molar-refractivity contribution in [3.05, 3.63) is 125 Å². The summed E-state index contributed by atoms with van der Waals surface area (Å²) in [5, 5.41) is 5.24. The second-order valence-electron chi connectivity index (χ2n) is 9.42. The van der Waals surface area contributed by atoms with Gasteiger partial charge in [0.25, 0.3) is 5.91 Å². The molecule has 5 aromatic rings. The lowest BCUT2D eigenvalue weighted by atomic mass is 9.96. The van der Waals surface area contributed by atoms with Crippen molar-refractivity contribution in [2.45, 2.75) is 26.7 Å². The van der Waals surface area contributed by atoms with Crippen molar-refractivity contribution in [3.8, 4) is 0 Å². The molecule has 6 rings (SSSR count). The number of anilines is 1. The Morgan fingerprint density at radius 1 is 0.737 bits per heavy atom. The van der Waals surface area contributed by atoms with E-state index in [9.17, 15) is 4.79 Å². The number of benzene rings is 5. The maximum absolute atomic E-state index is 14.0. The minimum Gasteiger partial charge on any atom is -0.268 e. The lowest BCUT2D eigenvalue weighted by Gasteiger charge is -2.16. The first-order chi connectivity index (χ1) is 18.6. The van der Waals surface area contributed by atoms with Crippen molar-refractivity contribution < 1.29 is 4.79 Å². The van der Waals surface area contributed by atoms with E-state index in [1.807, 2.05) is 30.3 Å². The number of fused-ring (bicyclic) bond motifs is 2. The highest BCUT2D eigenvalue weighted by molar-refractivity contribution is 8.19. The Morgan fingerprint density at radius 3 is 1.87 bits per heavy atom. The molecule has 1 fully saturated rings. The number of carbonyl (C=O) groups is 1. The van der Waals surface area contributed by atoms with Crippen LogP contribution < -0.4 is 4.90 Å². The van der Waals surface area contributed by atoms with Crippen LogP contribution in [0.3, 0.4) is 0 Å². The van der Waals surface area contributed by atoms with Gasteiger partial charge in [-0.1, -0.05) is 86.6 Å². The van der Waals surface area contributed by atoms with Crippen LogP contribution in [0.1, 0.15) is 30.5 Å². The molecule has 0 N–H and O–H groups in total. The van der Waals surface area contributed by atoms with E-state index < -0.39 is 0 Å². The topological polar surface area (TPSA) is 32.7 Å². The lowest BCUT2D eigenvalue weighted by molar-refractivity contribution is -0.113. The van der Waals surface area contributed by atoms with Gasteiger partial charge in [-0.05, 0) is 99.2 Å². The van der Waals surface area contributed by atoms with Crippen LogP contribution in [-0.2, 0) is 17.6 Å². The van der Waals surface area contributed by atoms with Crippen LogP contribution in [0.5, 0.6) is 0 Å². The second kappa shape index (κ2) is 10.3. The number of hydrogen-bond acceptors (Lipinski definition) is 3. The third kappa shape index (κ3) is 4.52. The maximum atomic E-state index is 14.0. The van der Waals surface area contributed by atoms with Crippen molar-refractivity contribution in [2.24, 2.45) is 4.99 Å². The molecule has 0 bridgehead atoms. The second-order valence-corrected chi connectivity index (χ2v) is 10.4. The molecule has 3 nitrogen and oxygen atoms in total. The molecule has 0 spiro atoms. The summed E-state index contributed by atoms with van der Waals surface area (Å²) in [6.45, 7) is 4.27. The third-order valence-electron chi connectivity index (χ3n) is 7.07. The zero-order valence-corrected chi connectivity index (χ0v) is 22.3. The van der Waals surface area contributed by atoms with E-state index in [2.05, 4.69) is 92.7 Å². The summed E-state index contributed by atoms with van der Waals surface area (Å²) < 4.78 is 0. The number of hydrogen-bond donors (Lipinski definition) is 0. The molecule has 38 heavy (non-hydrogen) atoms. The van der Waals surface area contributed by atoms with Gasteiger partial charge in [0.05, 0.1) is 16.3 Å². The first-order valence-electron chi connectivity index (χ1n) is 13.1. The molecule has 0 unspecified atom stereocenters. The van der Waals surface area contributed by atoms with E-state index in [0.717, 1.165) is 51.3 Å². The summed E-state index contributed by atoms with van der Waals surface area (Å²) in [7, 11) is 0. The Morgan fingerprint density at radius 2 is 1.29 bits per heavy atom.